The van der Waals surface area contributed by atoms with E-state index < -0.39 is 4.33 Å². The van der Waals surface area contributed by atoms with E-state index in [-0.39, 0.29) is 0 Å². The molecular weight excluding hydrogens is 215 g/mol. The summed E-state index contributed by atoms with van der Waals surface area (Å²) in [4.78, 5) is 0. The van der Waals surface area contributed by atoms with Gasteiger partial charge in [0.15, 0.2) is 0 Å². The number of halogens is 2. The zero-order chi connectivity index (χ0) is 10.3. The van der Waals surface area contributed by atoms with Gasteiger partial charge in [0.2, 0.25) is 0 Å². The Balaban J connectivity index is 2.24. The molecule has 1 fully saturated rings. The lowest BCUT2D eigenvalue weighted by Crippen LogP contribution is -1.93. The monoisotopic (exact) mass is 228 g/mol. The summed E-state index contributed by atoms with van der Waals surface area (Å²) in [6.45, 7) is 4.39. The van der Waals surface area contributed by atoms with E-state index in [1.165, 1.54) is 11.1 Å². The van der Waals surface area contributed by atoms with Crippen molar-refractivity contribution in [2.45, 2.75) is 36.4 Å². The van der Waals surface area contributed by atoms with Crippen molar-refractivity contribution in [2.24, 2.45) is 0 Å². The van der Waals surface area contributed by atoms with Gasteiger partial charge in [0.25, 0.3) is 0 Å². The quantitative estimate of drug-likeness (QED) is 0.656. The van der Waals surface area contributed by atoms with Crippen LogP contribution in [-0.2, 0) is 0 Å². The molecule has 1 aliphatic carbocycles. The van der Waals surface area contributed by atoms with Gasteiger partial charge in [0.05, 0.1) is 0 Å². The molecule has 14 heavy (non-hydrogen) atoms. The first-order chi connectivity index (χ1) is 6.50. The van der Waals surface area contributed by atoms with E-state index in [2.05, 4.69) is 38.1 Å². The van der Waals surface area contributed by atoms with Crippen LogP contribution >= 0.6 is 23.2 Å². The van der Waals surface area contributed by atoms with Gasteiger partial charge in [0.1, 0.15) is 4.33 Å². The summed E-state index contributed by atoms with van der Waals surface area (Å²) >= 11 is 12.1. The maximum absolute atomic E-state index is 6.04. The van der Waals surface area contributed by atoms with Crippen molar-refractivity contribution in [2.75, 3.05) is 0 Å². The van der Waals surface area contributed by atoms with E-state index in [1.54, 1.807) is 0 Å². The highest BCUT2D eigenvalue weighted by Gasteiger charge is 2.52. The summed E-state index contributed by atoms with van der Waals surface area (Å²) in [7, 11) is 0. The van der Waals surface area contributed by atoms with Crippen LogP contribution < -0.4 is 0 Å². The van der Waals surface area contributed by atoms with E-state index in [4.69, 9.17) is 23.2 Å². The molecule has 0 aliphatic heterocycles. The van der Waals surface area contributed by atoms with Crippen molar-refractivity contribution in [1.29, 1.82) is 0 Å². The summed E-state index contributed by atoms with van der Waals surface area (Å²) in [6.07, 6.45) is 0.887. The molecule has 0 spiro atoms. The topological polar surface area (TPSA) is 0 Å². The molecule has 1 unspecified atom stereocenters. The first-order valence-corrected chi connectivity index (χ1v) is 5.74. The maximum atomic E-state index is 6.04. The van der Waals surface area contributed by atoms with E-state index >= 15 is 0 Å². The highest BCUT2D eigenvalue weighted by molar-refractivity contribution is 6.51. The number of benzene rings is 1. The van der Waals surface area contributed by atoms with Gasteiger partial charge >= 0.3 is 0 Å². The number of hydrogen-bond donors (Lipinski definition) is 0. The molecule has 0 amide bonds. The van der Waals surface area contributed by atoms with Gasteiger partial charge in [-0.2, -0.15) is 0 Å². The predicted octanol–water partition coefficient (Wildman–Crippen LogP) is 4.47. The van der Waals surface area contributed by atoms with Crippen LogP contribution in [0.5, 0.6) is 0 Å². The maximum Gasteiger partial charge on any atom is 0.125 e. The fourth-order valence-corrected chi connectivity index (χ4v) is 2.27. The molecule has 0 heterocycles. The van der Waals surface area contributed by atoms with Gasteiger partial charge < -0.3 is 0 Å². The Kier molecular flexibility index (Phi) is 2.53. The van der Waals surface area contributed by atoms with Crippen molar-refractivity contribution in [3.05, 3.63) is 35.4 Å². The molecule has 0 aromatic heterocycles. The fraction of sp³-hybridized carbons (Fsp3) is 0.500. The Morgan fingerprint density at radius 2 is 2.00 bits per heavy atom. The molecule has 2 rings (SSSR count). The minimum atomic E-state index is -0.504. The number of rotatable bonds is 2. The molecule has 0 N–H and O–H groups in total. The van der Waals surface area contributed by atoms with E-state index in [0.717, 1.165) is 6.42 Å². The average Bonchev–Trinajstić information content (AvgIpc) is 2.75. The second kappa shape index (κ2) is 3.43. The normalized spacial score (nSPS) is 23.9. The molecular formula is C12H14Cl2. The molecule has 0 radical (unpaired) electrons. The first-order valence-electron chi connectivity index (χ1n) is 4.98. The second-order valence-corrected chi connectivity index (χ2v) is 5.88. The Morgan fingerprint density at radius 3 is 2.50 bits per heavy atom. The Morgan fingerprint density at radius 1 is 1.36 bits per heavy atom. The van der Waals surface area contributed by atoms with Crippen molar-refractivity contribution in [3.63, 3.8) is 0 Å². The van der Waals surface area contributed by atoms with Crippen LogP contribution in [0.15, 0.2) is 24.3 Å². The third-order valence-electron chi connectivity index (χ3n) is 2.81. The van der Waals surface area contributed by atoms with Crippen LogP contribution in [0.25, 0.3) is 0 Å². The summed E-state index contributed by atoms with van der Waals surface area (Å²) < 4.78 is -0.504. The van der Waals surface area contributed by atoms with Crippen molar-refractivity contribution in [1.82, 2.24) is 0 Å². The molecule has 1 aliphatic rings. The zero-order valence-electron chi connectivity index (χ0n) is 8.43. The van der Waals surface area contributed by atoms with E-state index in [9.17, 15) is 0 Å². The zero-order valence-corrected chi connectivity index (χ0v) is 9.94. The van der Waals surface area contributed by atoms with E-state index in [0.29, 0.717) is 11.8 Å². The van der Waals surface area contributed by atoms with Crippen LogP contribution in [0.2, 0.25) is 0 Å². The van der Waals surface area contributed by atoms with Gasteiger partial charge in [-0.1, -0.05) is 38.1 Å². The molecule has 0 saturated heterocycles. The van der Waals surface area contributed by atoms with Crippen molar-refractivity contribution in [3.8, 4) is 0 Å². The Hall–Kier alpha value is -0.200. The highest BCUT2D eigenvalue weighted by atomic mass is 35.5. The summed E-state index contributed by atoms with van der Waals surface area (Å²) in [5.74, 6) is 0.901. The van der Waals surface area contributed by atoms with Crippen LogP contribution in [0, 0.1) is 0 Å². The van der Waals surface area contributed by atoms with Gasteiger partial charge in [-0.15, -0.1) is 23.2 Å². The van der Waals surface area contributed by atoms with Crippen LogP contribution in [0.1, 0.15) is 43.2 Å². The number of alkyl halides is 2. The molecule has 76 valence electrons. The summed E-state index contributed by atoms with van der Waals surface area (Å²) in [5, 5.41) is 0. The SMILES string of the molecule is CC(C)c1cccc(C2CC2(Cl)Cl)c1. The molecule has 1 aromatic rings. The standard InChI is InChI=1S/C12H14Cl2/c1-8(2)9-4-3-5-10(6-9)11-7-12(11,13)14/h3-6,8,11H,7H2,1-2H3. The van der Waals surface area contributed by atoms with Gasteiger partial charge in [0, 0.05) is 5.92 Å². The number of hydrogen-bond acceptors (Lipinski definition) is 0. The lowest BCUT2D eigenvalue weighted by Gasteiger charge is -2.07. The second-order valence-electron chi connectivity index (χ2n) is 4.34. The summed E-state index contributed by atoms with van der Waals surface area (Å²) in [6, 6.07) is 8.58. The minimum absolute atomic E-state index is 0.338. The summed E-state index contributed by atoms with van der Waals surface area (Å²) in [5.41, 5.74) is 2.64. The third-order valence-corrected chi connectivity index (χ3v) is 3.64. The van der Waals surface area contributed by atoms with E-state index in [1.807, 2.05) is 0 Å². The lowest BCUT2D eigenvalue weighted by molar-refractivity contribution is 0.861. The third kappa shape index (κ3) is 1.92. The largest absolute Gasteiger partial charge is 0.125 e. The van der Waals surface area contributed by atoms with Gasteiger partial charge in [-0.25, -0.2) is 0 Å². The predicted molar refractivity (Wildman–Crippen MR) is 62.3 cm³/mol. The van der Waals surface area contributed by atoms with Gasteiger partial charge in [-0.3, -0.25) is 0 Å². The fourth-order valence-electron chi connectivity index (χ4n) is 1.71. The molecule has 1 atom stereocenters. The molecule has 2 heteroatoms. The van der Waals surface area contributed by atoms with Crippen LogP contribution in [-0.4, -0.2) is 4.33 Å². The molecule has 1 saturated carbocycles. The van der Waals surface area contributed by atoms with Crippen molar-refractivity contribution < 1.29 is 0 Å². The smallest absolute Gasteiger partial charge is 0.101 e. The Bertz CT molecular complexity index is 342. The molecule has 0 nitrogen and oxygen atoms in total. The first kappa shape index (κ1) is 10.3. The average molecular weight is 229 g/mol. The van der Waals surface area contributed by atoms with Crippen molar-refractivity contribution >= 4 is 23.2 Å². The van der Waals surface area contributed by atoms with Crippen LogP contribution in [0.3, 0.4) is 0 Å². The minimum Gasteiger partial charge on any atom is -0.101 e. The molecule has 0 bridgehead atoms. The molecule has 1 aromatic carbocycles. The highest BCUT2D eigenvalue weighted by Crippen LogP contribution is 2.59. The lowest BCUT2D eigenvalue weighted by atomic mass is 9.99. The van der Waals surface area contributed by atoms with Gasteiger partial charge in [-0.05, 0) is 23.5 Å². The Labute approximate surface area is 95.2 Å². The van der Waals surface area contributed by atoms with Crippen LogP contribution in [0.4, 0.5) is 0 Å².